The van der Waals surface area contributed by atoms with E-state index in [9.17, 15) is 9.90 Å². The summed E-state index contributed by atoms with van der Waals surface area (Å²) >= 11 is 0. The largest absolute Gasteiger partial charge is 0.444 e. The van der Waals surface area contributed by atoms with Crippen molar-refractivity contribution in [1.82, 2.24) is 15.0 Å². The number of ether oxygens (including phenoxy) is 1. The zero-order chi connectivity index (χ0) is 15.8. The first-order valence-electron chi connectivity index (χ1n) is 7.18. The van der Waals surface area contributed by atoms with E-state index in [1.54, 1.807) is 20.8 Å². The highest BCUT2D eigenvalue weighted by molar-refractivity contribution is 5.69. The summed E-state index contributed by atoms with van der Waals surface area (Å²) in [5.41, 5.74) is -0.590. The molecule has 2 heterocycles. The molecule has 1 amide bonds. The van der Waals surface area contributed by atoms with Crippen LogP contribution in [0.3, 0.4) is 0 Å². The second-order valence-corrected chi connectivity index (χ2v) is 6.68. The molecule has 7 heteroatoms. The SMILES string of the molecule is CC(C)c1noc([C@@H]2C[C@@H](O)CN2C(=O)OC(C)(C)C)n1. The number of hydrogen-bond acceptors (Lipinski definition) is 6. The van der Waals surface area contributed by atoms with E-state index in [2.05, 4.69) is 10.1 Å². The zero-order valence-electron chi connectivity index (χ0n) is 13.2. The molecule has 0 radical (unpaired) electrons. The van der Waals surface area contributed by atoms with Crippen LogP contribution < -0.4 is 0 Å². The van der Waals surface area contributed by atoms with Crippen molar-refractivity contribution in [3.05, 3.63) is 11.7 Å². The monoisotopic (exact) mass is 297 g/mol. The summed E-state index contributed by atoms with van der Waals surface area (Å²) in [6.07, 6.45) is -0.718. The Morgan fingerprint density at radius 1 is 1.48 bits per heavy atom. The van der Waals surface area contributed by atoms with Crippen LogP contribution in [-0.2, 0) is 4.74 Å². The normalized spacial score (nSPS) is 22.9. The first-order valence-corrected chi connectivity index (χ1v) is 7.18. The van der Waals surface area contributed by atoms with Crippen molar-refractivity contribution in [2.75, 3.05) is 6.54 Å². The molecule has 7 nitrogen and oxygen atoms in total. The quantitative estimate of drug-likeness (QED) is 0.900. The van der Waals surface area contributed by atoms with Crippen molar-refractivity contribution in [1.29, 1.82) is 0 Å². The van der Waals surface area contributed by atoms with Gasteiger partial charge >= 0.3 is 6.09 Å². The summed E-state index contributed by atoms with van der Waals surface area (Å²) in [5, 5.41) is 13.8. The van der Waals surface area contributed by atoms with Gasteiger partial charge in [0.05, 0.1) is 12.6 Å². The Bertz CT molecular complexity index is 507. The topological polar surface area (TPSA) is 88.7 Å². The van der Waals surface area contributed by atoms with E-state index in [0.717, 1.165) is 0 Å². The Hall–Kier alpha value is -1.63. The van der Waals surface area contributed by atoms with Gasteiger partial charge < -0.3 is 14.4 Å². The minimum Gasteiger partial charge on any atom is -0.444 e. The Morgan fingerprint density at radius 3 is 2.67 bits per heavy atom. The van der Waals surface area contributed by atoms with E-state index in [1.807, 2.05) is 13.8 Å². The minimum atomic E-state index is -0.614. The van der Waals surface area contributed by atoms with Gasteiger partial charge in [-0.3, -0.25) is 4.90 Å². The van der Waals surface area contributed by atoms with Crippen LogP contribution in [0.1, 0.15) is 64.7 Å². The number of nitrogens with zero attached hydrogens (tertiary/aromatic N) is 3. The molecule has 21 heavy (non-hydrogen) atoms. The third-order valence-corrected chi connectivity index (χ3v) is 3.17. The van der Waals surface area contributed by atoms with E-state index in [1.165, 1.54) is 4.90 Å². The average molecular weight is 297 g/mol. The van der Waals surface area contributed by atoms with Crippen LogP contribution in [0.25, 0.3) is 0 Å². The molecule has 1 aliphatic heterocycles. The number of aromatic nitrogens is 2. The van der Waals surface area contributed by atoms with Crippen LogP contribution >= 0.6 is 0 Å². The van der Waals surface area contributed by atoms with Crippen molar-refractivity contribution in [3.63, 3.8) is 0 Å². The van der Waals surface area contributed by atoms with Crippen molar-refractivity contribution in [3.8, 4) is 0 Å². The van der Waals surface area contributed by atoms with Crippen LogP contribution in [0.15, 0.2) is 4.52 Å². The fourth-order valence-electron chi connectivity index (χ4n) is 2.19. The fraction of sp³-hybridized carbons (Fsp3) is 0.786. The lowest BCUT2D eigenvalue weighted by molar-refractivity contribution is 0.0184. The highest BCUT2D eigenvalue weighted by Crippen LogP contribution is 2.33. The van der Waals surface area contributed by atoms with Gasteiger partial charge in [-0.2, -0.15) is 4.98 Å². The molecule has 0 spiro atoms. The predicted octanol–water partition coefficient (Wildman–Crippen LogP) is 2.24. The second-order valence-electron chi connectivity index (χ2n) is 6.68. The highest BCUT2D eigenvalue weighted by atomic mass is 16.6. The molecule has 0 saturated carbocycles. The Kier molecular flexibility index (Phi) is 4.22. The van der Waals surface area contributed by atoms with Crippen molar-refractivity contribution in [2.24, 2.45) is 0 Å². The van der Waals surface area contributed by atoms with E-state index >= 15 is 0 Å². The Morgan fingerprint density at radius 2 is 2.14 bits per heavy atom. The number of carbonyl (C=O) groups excluding carboxylic acids is 1. The van der Waals surface area contributed by atoms with Crippen molar-refractivity contribution >= 4 is 6.09 Å². The summed E-state index contributed by atoms with van der Waals surface area (Å²) in [6, 6.07) is -0.435. The lowest BCUT2D eigenvalue weighted by Gasteiger charge is -2.26. The first-order chi connectivity index (χ1) is 9.67. The summed E-state index contributed by atoms with van der Waals surface area (Å²) in [7, 11) is 0. The number of likely N-dealkylation sites (tertiary alicyclic amines) is 1. The van der Waals surface area contributed by atoms with Crippen LogP contribution in [-0.4, -0.2) is 44.5 Å². The average Bonchev–Trinajstić information content (AvgIpc) is 2.92. The van der Waals surface area contributed by atoms with Crippen LogP contribution in [0.5, 0.6) is 0 Å². The molecule has 0 unspecified atom stereocenters. The predicted molar refractivity (Wildman–Crippen MR) is 74.7 cm³/mol. The van der Waals surface area contributed by atoms with Gasteiger partial charge in [0.25, 0.3) is 0 Å². The van der Waals surface area contributed by atoms with Crippen molar-refractivity contribution < 1.29 is 19.2 Å². The van der Waals surface area contributed by atoms with Crippen molar-refractivity contribution in [2.45, 2.75) is 64.7 Å². The van der Waals surface area contributed by atoms with Gasteiger partial charge in [0.15, 0.2) is 5.82 Å². The maximum absolute atomic E-state index is 12.2. The van der Waals surface area contributed by atoms with E-state index < -0.39 is 23.8 Å². The summed E-state index contributed by atoms with van der Waals surface area (Å²) in [5.74, 6) is 1.08. The summed E-state index contributed by atoms with van der Waals surface area (Å²) in [6.45, 7) is 9.54. The van der Waals surface area contributed by atoms with Gasteiger partial charge in [0.1, 0.15) is 11.6 Å². The Balaban J connectivity index is 2.17. The van der Waals surface area contributed by atoms with Gasteiger partial charge in [-0.1, -0.05) is 19.0 Å². The lowest BCUT2D eigenvalue weighted by Crippen LogP contribution is -2.37. The standard InChI is InChI=1S/C14H23N3O4/c1-8(2)11-15-12(21-16-11)10-6-9(18)7-17(10)13(19)20-14(3,4)5/h8-10,18H,6-7H2,1-5H3/t9-,10+/m1/s1. The summed E-state index contributed by atoms with van der Waals surface area (Å²) in [4.78, 5) is 18.0. The minimum absolute atomic E-state index is 0.142. The molecule has 1 fully saturated rings. The number of aliphatic hydroxyl groups excluding tert-OH is 1. The molecule has 2 rings (SSSR count). The highest BCUT2D eigenvalue weighted by Gasteiger charge is 2.40. The zero-order valence-corrected chi connectivity index (χ0v) is 13.2. The number of amides is 1. The molecular weight excluding hydrogens is 274 g/mol. The second kappa shape index (κ2) is 5.63. The van der Waals surface area contributed by atoms with Crippen LogP contribution in [0.4, 0.5) is 4.79 Å². The molecule has 1 N–H and O–H groups in total. The van der Waals surface area contributed by atoms with Gasteiger partial charge in [-0.05, 0) is 20.8 Å². The van der Waals surface area contributed by atoms with E-state index in [0.29, 0.717) is 18.1 Å². The number of aliphatic hydroxyl groups is 1. The smallest absolute Gasteiger partial charge is 0.411 e. The molecule has 1 aromatic rings. The third-order valence-electron chi connectivity index (χ3n) is 3.17. The van der Waals surface area contributed by atoms with E-state index in [4.69, 9.17) is 9.26 Å². The molecule has 1 saturated heterocycles. The number of β-amino-alcohol motifs (C(OH)–C–C–N with tert-alkyl or cyclic N) is 1. The molecule has 1 aliphatic rings. The number of hydrogen-bond donors (Lipinski definition) is 1. The van der Waals surface area contributed by atoms with Crippen LogP contribution in [0, 0.1) is 0 Å². The molecule has 1 aromatic heterocycles. The molecule has 2 atom stereocenters. The van der Waals surface area contributed by atoms with Gasteiger partial charge in [-0.25, -0.2) is 4.79 Å². The maximum Gasteiger partial charge on any atom is 0.411 e. The first kappa shape index (κ1) is 15.8. The van der Waals surface area contributed by atoms with Gasteiger partial charge in [0.2, 0.25) is 5.89 Å². The Labute approximate surface area is 124 Å². The van der Waals surface area contributed by atoms with Gasteiger partial charge in [0, 0.05) is 12.3 Å². The summed E-state index contributed by atoms with van der Waals surface area (Å²) < 4.78 is 10.6. The molecule has 118 valence electrons. The lowest BCUT2D eigenvalue weighted by atomic mass is 10.2. The molecule has 0 bridgehead atoms. The fourth-order valence-corrected chi connectivity index (χ4v) is 2.19. The van der Waals surface area contributed by atoms with Gasteiger partial charge in [-0.15, -0.1) is 0 Å². The maximum atomic E-state index is 12.2. The molecule has 0 aromatic carbocycles. The number of carbonyl (C=O) groups is 1. The molecule has 0 aliphatic carbocycles. The third kappa shape index (κ3) is 3.72. The van der Waals surface area contributed by atoms with E-state index in [-0.39, 0.29) is 12.5 Å². The van der Waals surface area contributed by atoms with Crippen LogP contribution in [0.2, 0.25) is 0 Å². The number of rotatable bonds is 2. The molecular formula is C14H23N3O4.